The van der Waals surface area contributed by atoms with Crippen LogP contribution < -0.4 is 10.6 Å². The Labute approximate surface area is 126 Å². The van der Waals surface area contributed by atoms with Gasteiger partial charge < -0.3 is 10.6 Å². The number of H-pyrrole nitrogens is 1. The van der Waals surface area contributed by atoms with Gasteiger partial charge in [0.05, 0.1) is 6.54 Å². The molecule has 0 saturated carbocycles. The van der Waals surface area contributed by atoms with Gasteiger partial charge in [0, 0.05) is 23.6 Å². The van der Waals surface area contributed by atoms with Crippen molar-refractivity contribution in [2.45, 2.75) is 6.42 Å². The number of carbonyl (C=O) groups is 2. The van der Waals surface area contributed by atoms with E-state index in [0.717, 1.165) is 0 Å². The second-order valence-corrected chi connectivity index (χ2v) is 4.66. The number of hydrogen-bond acceptors (Lipinski definition) is 4. The molecule has 21 heavy (non-hydrogen) atoms. The largest absolute Gasteiger partial charge is 0.354 e. The Balaban J connectivity index is 1.70. The van der Waals surface area contributed by atoms with Gasteiger partial charge in [-0.2, -0.15) is 5.10 Å². The molecule has 3 N–H and O–H groups in total. The third-order valence-electron chi connectivity index (χ3n) is 2.65. The highest BCUT2D eigenvalue weighted by molar-refractivity contribution is 6.30. The number of aromatic nitrogens is 3. The molecule has 2 rings (SSSR count). The summed E-state index contributed by atoms with van der Waals surface area (Å²) < 4.78 is 0. The summed E-state index contributed by atoms with van der Waals surface area (Å²) in [7, 11) is 0. The molecule has 0 aliphatic carbocycles. The maximum atomic E-state index is 11.8. The van der Waals surface area contributed by atoms with Crippen molar-refractivity contribution in [3.8, 4) is 0 Å². The third kappa shape index (κ3) is 4.88. The second kappa shape index (κ2) is 7.39. The third-order valence-corrected chi connectivity index (χ3v) is 2.88. The van der Waals surface area contributed by atoms with Gasteiger partial charge in [-0.05, 0) is 18.2 Å². The minimum absolute atomic E-state index is 0.0955. The number of rotatable bonds is 6. The summed E-state index contributed by atoms with van der Waals surface area (Å²) in [5.41, 5.74) is 0.414. The van der Waals surface area contributed by atoms with Crippen LogP contribution in [0.25, 0.3) is 0 Å². The SMILES string of the molecule is O=C(CNC(=O)c1cccc(Cl)c1)NCCc1ncn[nH]1. The fourth-order valence-corrected chi connectivity index (χ4v) is 1.82. The number of aromatic amines is 1. The zero-order valence-corrected chi connectivity index (χ0v) is 11.9. The van der Waals surface area contributed by atoms with Gasteiger partial charge in [0.25, 0.3) is 5.91 Å². The minimum Gasteiger partial charge on any atom is -0.354 e. The van der Waals surface area contributed by atoms with Crippen molar-refractivity contribution in [2.75, 3.05) is 13.1 Å². The van der Waals surface area contributed by atoms with Gasteiger partial charge in [-0.3, -0.25) is 14.7 Å². The monoisotopic (exact) mass is 307 g/mol. The molecule has 0 fully saturated rings. The van der Waals surface area contributed by atoms with Gasteiger partial charge in [-0.25, -0.2) is 4.98 Å². The summed E-state index contributed by atoms with van der Waals surface area (Å²) in [5.74, 6) is 0.0750. The Kier molecular flexibility index (Phi) is 5.28. The van der Waals surface area contributed by atoms with Crippen LogP contribution in [0.3, 0.4) is 0 Å². The Morgan fingerprint density at radius 1 is 1.29 bits per heavy atom. The molecule has 2 amide bonds. The lowest BCUT2D eigenvalue weighted by atomic mass is 10.2. The molecular formula is C13H14ClN5O2. The van der Waals surface area contributed by atoms with E-state index < -0.39 is 0 Å². The Morgan fingerprint density at radius 2 is 2.14 bits per heavy atom. The van der Waals surface area contributed by atoms with E-state index in [-0.39, 0.29) is 18.4 Å². The number of carbonyl (C=O) groups excluding carboxylic acids is 2. The number of benzene rings is 1. The first-order chi connectivity index (χ1) is 10.1. The number of nitrogens with one attached hydrogen (secondary N) is 3. The topological polar surface area (TPSA) is 99.8 Å². The highest BCUT2D eigenvalue weighted by Gasteiger charge is 2.08. The quantitative estimate of drug-likeness (QED) is 0.725. The summed E-state index contributed by atoms with van der Waals surface area (Å²) in [6, 6.07) is 6.52. The predicted octanol–water partition coefficient (Wildman–Crippen LogP) is 0.547. The number of halogens is 1. The zero-order valence-electron chi connectivity index (χ0n) is 11.1. The van der Waals surface area contributed by atoms with Gasteiger partial charge >= 0.3 is 0 Å². The summed E-state index contributed by atoms with van der Waals surface area (Å²) in [6.07, 6.45) is 1.95. The lowest BCUT2D eigenvalue weighted by Gasteiger charge is -2.06. The first-order valence-electron chi connectivity index (χ1n) is 6.30. The Hall–Kier alpha value is -2.41. The van der Waals surface area contributed by atoms with Crippen LogP contribution in [0, 0.1) is 0 Å². The molecule has 1 heterocycles. The standard InChI is InChI=1S/C13H14ClN5O2/c14-10-3-1-2-9(6-10)13(21)16-7-12(20)15-5-4-11-17-8-18-19-11/h1-3,6,8H,4-5,7H2,(H,15,20)(H,16,21)(H,17,18,19). The van der Waals surface area contributed by atoms with Crippen molar-refractivity contribution in [3.05, 3.63) is 47.0 Å². The van der Waals surface area contributed by atoms with E-state index in [9.17, 15) is 9.59 Å². The van der Waals surface area contributed by atoms with E-state index in [1.807, 2.05) is 0 Å². The molecule has 110 valence electrons. The van der Waals surface area contributed by atoms with Crippen molar-refractivity contribution in [3.63, 3.8) is 0 Å². The van der Waals surface area contributed by atoms with Crippen LogP contribution >= 0.6 is 11.6 Å². The summed E-state index contributed by atoms with van der Waals surface area (Å²) in [6.45, 7) is 0.322. The minimum atomic E-state index is -0.345. The maximum absolute atomic E-state index is 11.8. The number of amides is 2. The number of nitrogens with zero attached hydrogens (tertiary/aromatic N) is 2. The first kappa shape index (κ1) is 15.0. The molecule has 2 aromatic rings. The van der Waals surface area contributed by atoms with Crippen LogP contribution in [0.2, 0.25) is 5.02 Å². The van der Waals surface area contributed by atoms with Crippen molar-refractivity contribution in [1.29, 1.82) is 0 Å². The van der Waals surface area contributed by atoms with E-state index in [4.69, 9.17) is 11.6 Å². The van der Waals surface area contributed by atoms with E-state index in [2.05, 4.69) is 25.8 Å². The van der Waals surface area contributed by atoms with Gasteiger partial charge in [-0.1, -0.05) is 17.7 Å². The highest BCUT2D eigenvalue weighted by Crippen LogP contribution is 2.10. The van der Waals surface area contributed by atoms with Crippen molar-refractivity contribution in [1.82, 2.24) is 25.8 Å². The van der Waals surface area contributed by atoms with Crippen LogP contribution in [-0.4, -0.2) is 40.1 Å². The van der Waals surface area contributed by atoms with Crippen LogP contribution in [-0.2, 0) is 11.2 Å². The van der Waals surface area contributed by atoms with Crippen LogP contribution in [0.5, 0.6) is 0 Å². The molecule has 7 nitrogen and oxygen atoms in total. The number of hydrogen-bond donors (Lipinski definition) is 3. The predicted molar refractivity (Wildman–Crippen MR) is 76.9 cm³/mol. The molecule has 1 aromatic heterocycles. The second-order valence-electron chi connectivity index (χ2n) is 4.23. The molecule has 0 spiro atoms. The summed E-state index contributed by atoms with van der Waals surface area (Å²) in [5, 5.41) is 12.1. The Bertz CT molecular complexity index is 615. The average Bonchev–Trinajstić information content (AvgIpc) is 2.98. The molecule has 8 heteroatoms. The Morgan fingerprint density at radius 3 is 2.86 bits per heavy atom. The van der Waals surface area contributed by atoms with Gasteiger partial charge in [-0.15, -0.1) is 0 Å². The highest BCUT2D eigenvalue weighted by atomic mass is 35.5. The molecule has 0 aliphatic heterocycles. The lowest BCUT2D eigenvalue weighted by Crippen LogP contribution is -2.37. The fourth-order valence-electron chi connectivity index (χ4n) is 1.63. The summed E-state index contributed by atoms with van der Waals surface area (Å²) >= 11 is 5.80. The molecule has 0 unspecified atom stereocenters. The first-order valence-corrected chi connectivity index (χ1v) is 6.67. The molecule has 1 aromatic carbocycles. The summed E-state index contributed by atoms with van der Waals surface area (Å²) in [4.78, 5) is 27.3. The molecule has 0 saturated heterocycles. The van der Waals surface area contributed by atoms with E-state index in [0.29, 0.717) is 29.4 Å². The smallest absolute Gasteiger partial charge is 0.251 e. The van der Waals surface area contributed by atoms with Gasteiger partial charge in [0.15, 0.2) is 0 Å². The fraction of sp³-hybridized carbons (Fsp3) is 0.231. The molecule has 0 radical (unpaired) electrons. The normalized spacial score (nSPS) is 10.1. The lowest BCUT2D eigenvalue weighted by molar-refractivity contribution is -0.120. The van der Waals surface area contributed by atoms with Crippen molar-refractivity contribution < 1.29 is 9.59 Å². The molecule has 0 bridgehead atoms. The van der Waals surface area contributed by atoms with E-state index in [1.54, 1.807) is 24.3 Å². The maximum Gasteiger partial charge on any atom is 0.251 e. The molecule has 0 aliphatic rings. The zero-order chi connectivity index (χ0) is 15.1. The van der Waals surface area contributed by atoms with Crippen LogP contribution in [0.4, 0.5) is 0 Å². The molecule has 0 atom stereocenters. The van der Waals surface area contributed by atoms with Gasteiger partial charge in [0.1, 0.15) is 12.2 Å². The van der Waals surface area contributed by atoms with Crippen LogP contribution in [0.1, 0.15) is 16.2 Å². The molecular weight excluding hydrogens is 294 g/mol. The van der Waals surface area contributed by atoms with Crippen LogP contribution in [0.15, 0.2) is 30.6 Å². The van der Waals surface area contributed by atoms with Crippen molar-refractivity contribution in [2.24, 2.45) is 0 Å². The van der Waals surface area contributed by atoms with E-state index >= 15 is 0 Å². The average molecular weight is 308 g/mol. The van der Waals surface area contributed by atoms with Gasteiger partial charge in [0.2, 0.25) is 5.91 Å². The van der Waals surface area contributed by atoms with Crippen molar-refractivity contribution >= 4 is 23.4 Å². The van der Waals surface area contributed by atoms with E-state index in [1.165, 1.54) is 6.33 Å².